The molecule has 0 bridgehead atoms. The van der Waals surface area contributed by atoms with Crippen LogP contribution in [0.3, 0.4) is 0 Å². The summed E-state index contributed by atoms with van der Waals surface area (Å²) in [5.41, 5.74) is 2.97. The van der Waals surface area contributed by atoms with Crippen molar-refractivity contribution in [2.75, 3.05) is 0 Å². The average molecular weight is 266 g/mol. The van der Waals surface area contributed by atoms with Gasteiger partial charge in [-0.2, -0.15) is 0 Å². The molecule has 4 heteroatoms. The minimum atomic E-state index is 0.781. The summed E-state index contributed by atoms with van der Waals surface area (Å²) in [5.74, 6) is 0. The normalized spacial score (nSPS) is 16.5. The second kappa shape index (κ2) is 6.99. The van der Waals surface area contributed by atoms with E-state index >= 15 is 0 Å². The van der Waals surface area contributed by atoms with Crippen LogP contribution >= 0.6 is 23.3 Å². The molecule has 2 aromatic rings. The summed E-state index contributed by atoms with van der Waals surface area (Å²) in [6, 6.07) is 8.13. The van der Waals surface area contributed by atoms with Crippen LogP contribution in [-0.4, -0.2) is 10.2 Å². The summed E-state index contributed by atoms with van der Waals surface area (Å²) < 4.78 is 1.26. The molecule has 0 saturated heterocycles. The quantitative estimate of drug-likeness (QED) is 0.785. The lowest BCUT2D eigenvalue weighted by Gasteiger charge is -2.17. The highest BCUT2D eigenvalue weighted by Crippen LogP contribution is 2.24. The summed E-state index contributed by atoms with van der Waals surface area (Å²) in [5, 5.41) is 6.20. The van der Waals surface area contributed by atoms with Gasteiger partial charge in [-0.15, -0.1) is 11.3 Å². The second-order valence-corrected chi connectivity index (χ2v) is 6.04. The number of nitrogens with two attached hydrogens (primary N) is 1. The molecule has 1 heterocycles. The second-order valence-electron chi connectivity index (χ2n) is 4.22. The first-order valence-corrected chi connectivity index (χ1v) is 7.86. The van der Waals surface area contributed by atoms with Crippen molar-refractivity contribution < 1.29 is 0 Å². The molecule has 0 aliphatic heterocycles. The fourth-order valence-electron chi connectivity index (χ4n) is 2.00. The third kappa shape index (κ3) is 3.98. The summed E-state index contributed by atoms with van der Waals surface area (Å²) in [6.07, 6.45) is 6.92. The van der Waals surface area contributed by atoms with Gasteiger partial charge in [0.15, 0.2) is 0 Å². The van der Waals surface area contributed by atoms with Crippen LogP contribution in [0, 0.1) is 0 Å². The van der Waals surface area contributed by atoms with E-state index in [-0.39, 0.29) is 0 Å². The molecule has 0 atom stereocenters. The number of rotatable bonds is 1. The molecule has 92 valence electrons. The lowest BCUT2D eigenvalue weighted by Crippen LogP contribution is -2.09. The number of thiazole rings is 1. The lowest BCUT2D eigenvalue weighted by molar-refractivity contribution is 0.516. The summed E-state index contributed by atoms with van der Waals surface area (Å²) in [4.78, 5) is 4.14. The summed E-state index contributed by atoms with van der Waals surface area (Å²) in [6.45, 7) is 0. The van der Waals surface area contributed by atoms with Gasteiger partial charge in [-0.3, -0.25) is 5.14 Å². The average Bonchev–Trinajstić information content (AvgIpc) is 2.89. The number of benzene rings is 1. The van der Waals surface area contributed by atoms with E-state index in [1.807, 2.05) is 23.7 Å². The zero-order valence-corrected chi connectivity index (χ0v) is 11.5. The lowest BCUT2D eigenvalue weighted by atomic mass is 10.0. The molecule has 0 radical (unpaired) electrons. The first-order valence-electron chi connectivity index (χ1n) is 6.04. The number of aromatic nitrogens is 1. The van der Waals surface area contributed by atoms with Crippen LogP contribution in [0.15, 0.2) is 29.8 Å². The Morgan fingerprint density at radius 3 is 2.59 bits per heavy atom. The first kappa shape index (κ1) is 12.9. The Labute approximate surface area is 111 Å². The Bertz CT molecular complexity index is 405. The largest absolute Gasteiger partial charge is 0.278 e. The van der Waals surface area contributed by atoms with Crippen LogP contribution in [0.2, 0.25) is 0 Å². The molecular weight excluding hydrogens is 248 g/mol. The third-order valence-corrected chi connectivity index (χ3v) is 4.65. The number of fused-ring (bicyclic) bond motifs is 1. The molecule has 17 heavy (non-hydrogen) atoms. The van der Waals surface area contributed by atoms with Crippen molar-refractivity contribution in [1.29, 1.82) is 0 Å². The van der Waals surface area contributed by atoms with Crippen LogP contribution in [-0.2, 0) is 0 Å². The maximum absolute atomic E-state index is 5.42. The molecule has 0 amide bonds. The van der Waals surface area contributed by atoms with E-state index in [4.69, 9.17) is 5.14 Å². The van der Waals surface area contributed by atoms with Gasteiger partial charge in [0.2, 0.25) is 0 Å². The van der Waals surface area contributed by atoms with Crippen molar-refractivity contribution in [3.05, 3.63) is 29.8 Å². The third-order valence-electron chi connectivity index (χ3n) is 2.98. The van der Waals surface area contributed by atoms with E-state index in [1.54, 1.807) is 23.3 Å². The molecular formula is C13H18N2S2. The Morgan fingerprint density at radius 2 is 1.94 bits per heavy atom. The van der Waals surface area contributed by atoms with Gasteiger partial charge >= 0.3 is 0 Å². The van der Waals surface area contributed by atoms with E-state index in [2.05, 4.69) is 11.1 Å². The van der Waals surface area contributed by atoms with E-state index < -0.39 is 0 Å². The predicted molar refractivity (Wildman–Crippen MR) is 78.3 cm³/mol. The highest BCUT2D eigenvalue weighted by atomic mass is 32.2. The molecule has 1 aliphatic carbocycles. The zero-order valence-electron chi connectivity index (χ0n) is 9.84. The highest BCUT2D eigenvalue weighted by Gasteiger charge is 2.10. The molecule has 1 aromatic heterocycles. The van der Waals surface area contributed by atoms with Crippen LogP contribution in [0.5, 0.6) is 0 Å². The van der Waals surface area contributed by atoms with Gasteiger partial charge in [-0.05, 0) is 25.0 Å². The fraction of sp³-hybridized carbons (Fsp3) is 0.462. The molecule has 1 fully saturated rings. The van der Waals surface area contributed by atoms with E-state index in [0.717, 1.165) is 10.8 Å². The minimum Gasteiger partial charge on any atom is -0.278 e. The summed E-state index contributed by atoms with van der Waals surface area (Å²) >= 11 is 3.22. The smallest absolute Gasteiger partial charge is 0.0812 e. The molecule has 2 N–H and O–H groups in total. The Morgan fingerprint density at radius 1 is 1.18 bits per heavy atom. The van der Waals surface area contributed by atoms with Gasteiger partial charge in [-0.25, -0.2) is 4.98 Å². The molecule has 3 rings (SSSR count). The minimum absolute atomic E-state index is 0.781. The molecule has 0 unspecified atom stereocenters. The highest BCUT2D eigenvalue weighted by molar-refractivity contribution is 7.97. The van der Waals surface area contributed by atoms with Gasteiger partial charge in [0, 0.05) is 5.25 Å². The Kier molecular flexibility index (Phi) is 5.29. The Hall–Kier alpha value is -0.580. The maximum Gasteiger partial charge on any atom is 0.0812 e. The van der Waals surface area contributed by atoms with Gasteiger partial charge in [0.25, 0.3) is 0 Å². The molecule has 2 nitrogen and oxygen atoms in total. The van der Waals surface area contributed by atoms with Gasteiger partial charge < -0.3 is 0 Å². The molecule has 1 aliphatic rings. The van der Waals surface area contributed by atoms with E-state index in [9.17, 15) is 0 Å². The number of hydrogen-bond acceptors (Lipinski definition) is 4. The number of para-hydroxylation sites is 1. The van der Waals surface area contributed by atoms with Crippen LogP contribution in [0.1, 0.15) is 32.1 Å². The van der Waals surface area contributed by atoms with Crippen molar-refractivity contribution in [1.82, 2.24) is 4.98 Å². The van der Waals surface area contributed by atoms with Crippen LogP contribution in [0.25, 0.3) is 10.2 Å². The Balaban J connectivity index is 0.000000128. The van der Waals surface area contributed by atoms with Gasteiger partial charge in [0.05, 0.1) is 15.7 Å². The fourth-order valence-corrected chi connectivity index (χ4v) is 3.29. The van der Waals surface area contributed by atoms with Crippen molar-refractivity contribution >= 4 is 33.5 Å². The van der Waals surface area contributed by atoms with E-state index in [1.165, 1.54) is 36.8 Å². The maximum atomic E-state index is 5.42. The molecule has 1 saturated carbocycles. The number of hydrogen-bond donors (Lipinski definition) is 1. The molecule has 0 spiro atoms. The van der Waals surface area contributed by atoms with Crippen LogP contribution < -0.4 is 5.14 Å². The predicted octanol–water partition coefficient (Wildman–Crippen LogP) is 4.22. The summed E-state index contributed by atoms with van der Waals surface area (Å²) in [7, 11) is 0. The van der Waals surface area contributed by atoms with Crippen molar-refractivity contribution in [3.63, 3.8) is 0 Å². The SMILES string of the molecule is NSC1CCCCC1.c1ccc2scnc2c1. The molecule has 1 aromatic carbocycles. The van der Waals surface area contributed by atoms with Crippen molar-refractivity contribution in [2.45, 2.75) is 37.4 Å². The van der Waals surface area contributed by atoms with Crippen LogP contribution in [0.4, 0.5) is 0 Å². The van der Waals surface area contributed by atoms with Gasteiger partial charge in [0.1, 0.15) is 0 Å². The van der Waals surface area contributed by atoms with Crippen molar-refractivity contribution in [2.24, 2.45) is 5.14 Å². The number of nitrogens with zero attached hydrogens (tertiary/aromatic N) is 1. The van der Waals surface area contributed by atoms with Gasteiger partial charge in [-0.1, -0.05) is 43.3 Å². The standard InChI is InChI=1S/C7H5NS.C6H13NS/c1-2-4-7-6(3-1)8-5-9-7;7-8-6-4-2-1-3-5-6/h1-5H;6H,1-5,7H2. The zero-order chi connectivity index (χ0) is 11.9. The van der Waals surface area contributed by atoms with Crippen molar-refractivity contribution in [3.8, 4) is 0 Å². The monoisotopic (exact) mass is 266 g/mol. The first-order chi connectivity index (χ1) is 8.40. The van der Waals surface area contributed by atoms with E-state index in [0.29, 0.717) is 0 Å². The topological polar surface area (TPSA) is 38.9 Å².